The van der Waals surface area contributed by atoms with Crippen molar-refractivity contribution in [3.05, 3.63) is 46.0 Å². The van der Waals surface area contributed by atoms with Crippen LogP contribution in [0.4, 0.5) is 0 Å². The lowest BCUT2D eigenvalue weighted by molar-refractivity contribution is 1.10. The number of H-pyrrole nitrogens is 1. The average Bonchev–Trinajstić information content (AvgIpc) is 2.26. The third kappa shape index (κ3) is 1.44. The summed E-state index contributed by atoms with van der Waals surface area (Å²) in [5, 5.41) is 2.39. The first-order valence-corrected chi connectivity index (χ1v) is 5.05. The summed E-state index contributed by atoms with van der Waals surface area (Å²) >= 11 is 5.88. The van der Waals surface area contributed by atoms with Crippen LogP contribution >= 0.6 is 11.6 Å². The second-order valence-electron chi connectivity index (χ2n) is 3.45. The maximum absolute atomic E-state index is 11.1. The molecule has 1 N–H and O–H groups in total. The van der Waals surface area contributed by atoms with Crippen LogP contribution in [0, 0.1) is 0 Å². The topological polar surface area (TPSA) is 58.6 Å². The molecule has 0 radical (unpaired) electrons. The molecule has 16 heavy (non-hydrogen) atoms. The maximum atomic E-state index is 11.1. The summed E-state index contributed by atoms with van der Waals surface area (Å²) < 4.78 is 0. The molecule has 2 heterocycles. The number of nitrogens with zero attached hydrogens (tertiary/aromatic N) is 2. The molecule has 3 aromatic rings. The van der Waals surface area contributed by atoms with Crippen molar-refractivity contribution in [3.8, 4) is 0 Å². The van der Waals surface area contributed by atoms with Crippen molar-refractivity contribution in [2.45, 2.75) is 0 Å². The highest BCUT2D eigenvalue weighted by atomic mass is 35.5. The minimum Gasteiger partial charge on any atom is -0.290 e. The van der Waals surface area contributed by atoms with Crippen LogP contribution in [-0.2, 0) is 0 Å². The minimum atomic E-state index is -0.402. The van der Waals surface area contributed by atoms with Gasteiger partial charge in [0.05, 0.1) is 5.52 Å². The molecule has 3 rings (SSSR count). The number of benzene rings is 1. The lowest BCUT2D eigenvalue weighted by atomic mass is 10.2. The molecule has 0 amide bonds. The molecule has 0 aliphatic rings. The predicted molar refractivity (Wildman–Crippen MR) is 62.7 cm³/mol. The zero-order valence-electron chi connectivity index (χ0n) is 8.07. The number of hydrogen-bond donors (Lipinski definition) is 1. The second-order valence-corrected chi connectivity index (χ2v) is 3.89. The van der Waals surface area contributed by atoms with Gasteiger partial charge in [-0.2, -0.15) is 0 Å². The van der Waals surface area contributed by atoms with Gasteiger partial charge < -0.3 is 0 Å². The van der Waals surface area contributed by atoms with E-state index in [4.69, 9.17) is 11.6 Å². The molecule has 0 saturated heterocycles. The lowest BCUT2D eigenvalue weighted by Gasteiger charge is -2.00. The quantitative estimate of drug-likeness (QED) is 0.603. The standard InChI is InChI=1S/C11H6ClN3O/c12-8-2-1-6-3-7-5-13-11(16)15-10(7)14-9(6)4-8/h1-5H,(H,13,14,15,16). The Bertz CT molecular complexity index is 751. The molecule has 0 fully saturated rings. The van der Waals surface area contributed by atoms with E-state index in [2.05, 4.69) is 15.0 Å². The number of pyridine rings is 1. The summed E-state index contributed by atoms with van der Waals surface area (Å²) in [7, 11) is 0. The van der Waals surface area contributed by atoms with E-state index in [1.165, 1.54) is 6.20 Å². The van der Waals surface area contributed by atoms with E-state index in [-0.39, 0.29) is 0 Å². The largest absolute Gasteiger partial charge is 0.346 e. The molecular weight excluding hydrogens is 226 g/mol. The Morgan fingerprint density at radius 3 is 2.94 bits per heavy atom. The van der Waals surface area contributed by atoms with Crippen molar-refractivity contribution in [3.63, 3.8) is 0 Å². The number of rotatable bonds is 0. The fourth-order valence-corrected chi connectivity index (χ4v) is 1.78. The van der Waals surface area contributed by atoms with E-state index in [1.807, 2.05) is 12.1 Å². The SMILES string of the molecule is O=c1ncc2cc3ccc(Cl)cc3nc2[nH]1. The summed E-state index contributed by atoms with van der Waals surface area (Å²) in [5.74, 6) is 0. The highest BCUT2D eigenvalue weighted by Crippen LogP contribution is 2.20. The van der Waals surface area contributed by atoms with Crippen molar-refractivity contribution in [1.29, 1.82) is 0 Å². The van der Waals surface area contributed by atoms with Gasteiger partial charge in [0, 0.05) is 22.0 Å². The summed E-state index contributed by atoms with van der Waals surface area (Å²) in [4.78, 5) is 21.6. The van der Waals surface area contributed by atoms with Gasteiger partial charge >= 0.3 is 5.69 Å². The molecule has 0 bridgehead atoms. The molecule has 2 aromatic heterocycles. The summed E-state index contributed by atoms with van der Waals surface area (Å²) in [5.41, 5.74) is 0.873. The van der Waals surface area contributed by atoms with Crippen LogP contribution in [0.25, 0.3) is 21.9 Å². The number of aromatic amines is 1. The first-order valence-electron chi connectivity index (χ1n) is 4.68. The number of nitrogens with one attached hydrogen (secondary N) is 1. The van der Waals surface area contributed by atoms with Crippen LogP contribution in [0.5, 0.6) is 0 Å². The fourth-order valence-electron chi connectivity index (χ4n) is 1.62. The van der Waals surface area contributed by atoms with Crippen molar-refractivity contribution >= 4 is 33.5 Å². The van der Waals surface area contributed by atoms with E-state index in [1.54, 1.807) is 12.1 Å². The van der Waals surface area contributed by atoms with Gasteiger partial charge in [0.25, 0.3) is 0 Å². The molecule has 0 aliphatic heterocycles. The normalized spacial score (nSPS) is 11.1. The summed E-state index contributed by atoms with van der Waals surface area (Å²) in [6.07, 6.45) is 1.51. The molecular formula is C11H6ClN3O. The van der Waals surface area contributed by atoms with Crippen molar-refractivity contribution in [1.82, 2.24) is 15.0 Å². The zero-order valence-corrected chi connectivity index (χ0v) is 8.82. The van der Waals surface area contributed by atoms with E-state index in [0.717, 1.165) is 16.3 Å². The summed E-state index contributed by atoms with van der Waals surface area (Å²) in [6.45, 7) is 0. The Hall–Kier alpha value is -1.94. The third-order valence-corrected chi connectivity index (χ3v) is 2.59. The van der Waals surface area contributed by atoms with Crippen LogP contribution in [0.3, 0.4) is 0 Å². The molecule has 0 spiro atoms. The van der Waals surface area contributed by atoms with Crippen molar-refractivity contribution in [2.75, 3.05) is 0 Å². The van der Waals surface area contributed by atoms with Gasteiger partial charge in [-0.1, -0.05) is 17.7 Å². The highest BCUT2D eigenvalue weighted by molar-refractivity contribution is 6.31. The molecule has 4 nitrogen and oxygen atoms in total. The third-order valence-electron chi connectivity index (χ3n) is 2.36. The first kappa shape index (κ1) is 9.30. The second kappa shape index (κ2) is 3.28. The van der Waals surface area contributed by atoms with Gasteiger partial charge in [-0.05, 0) is 18.2 Å². The van der Waals surface area contributed by atoms with E-state index >= 15 is 0 Å². The minimum absolute atomic E-state index is 0.402. The lowest BCUT2D eigenvalue weighted by Crippen LogP contribution is -2.09. The molecule has 1 aromatic carbocycles. The van der Waals surface area contributed by atoms with E-state index < -0.39 is 5.69 Å². The van der Waals surface area contributed by atoms with E-state index in [0.29, 0.717) is 10.7 Å². The van der Waals surface area contributed by atoms with Crippen LogP contribution < -0.4 is 5.69 Å². The first-order chi connectivity index (χ1) is 7.72. The maximum Gasteiger partial charge on any atom is 0.346 e. The highest BCUT2D eigenvalue weighted by Gasteiger charge is 2.01. The molecule has 0 atom stereocenters. The van der Waals surface area contributed by atoms with Crippen LogP contribution in [0.1, 0.15) is 0 Å². The van der Waals surface area contributed by atoms with Gasteiger partial charge in [0.1, 0.15) is 5.65 Å². The predicted octanol–water partition coefficient (Wildman–Crippen LogP) is 2.12. The molecule has 0 saturated carbocycles. The Kier molecular flexibility index (Phi) is 1.91. The average molecular weight is 232 g/mol. The Labute approximate surface area is 94.9 Å². The van der Waals surface area contributed by atoms with Gasteiger partial charge in [-0.15, -0.1) is 0 Å². The van der Waals surface area contributed by atoms with E-state index in [9.17, 15) is 4.79 Å². The molecule has 78 valence electrons. The Morgan fingerprint density at radius 2 is 2.06 bits per heavy atom. The number of halogens is 1. The van der Waals surface area contributed by atoms with Crippen LogP contribution in [-0.4, -0.2) is 15.0 Å². The van der Waals surface area contributed by atoms with Gasteiger partial charge in [-0.25, -0.2) is 14.8 Å². The number of aromatic nitrogens is 3. The zero-order chi connectivity index (χ0) is 11.1. The number of fused-ring (bicyclic) bond motifs is 2. The molecule has 5 heteroatoms. The monoisotopic (exact) mass is 231 g/mol. The van der Waals surface area contributed by atoms with Crippen molar-refractivity contribution < 1.29 is 0 Å². The molecule has 0 unspecified atom stereocenters. The number of hydrogen-bond acceptors (Lipinski definition) is 3. The Morgan fingerprint density at radius 1 is 1.19 bits per heavy atom. The van der Waals surface area contributed by atoms with Gasteiger partial charge in [-0.3, -0.25) is 4.98 Å². The Balaban J connectivity index is 2.49. The smallest absolute Gasteiger partial charge is 0.290 e. The molecule has 0 aliphatic carbocycles. The van der Waals surface area contributed by atoms with Crippen LogP contribution in [0.2, 0.25) is 5.02 Å². The van der Waals surface area contributed by atoms with Gasteiger partial charge in [0.2, 0.25) is 0 Å². The summed E-state index contributed by atoms with van der Waals surface area (Å²) in [6, 6.07) is 7.36. The van der Waals surface area contributed by atoms with Crippen molar-refractivity contribution in [2.24, 2.45) is 0 Å². The fraction of sp³-hybridized carbons (Fsp3) is 0. The van der Waals surface area contributed by atoms with Gasteiger partial charge in [0.15, 0.2) is 0 Å². The van der Waals surface area contributed by atoms with Crippen LogP contribution in [0.15, 0.2) is 35.3 Å².